The third-order valence-electron chi connectivity index (χ3n) is 4.43. The summed E-state index contributed by atoms with van der Waals surface area (Å²) in [5, 5.41) is 0. The first-order valence-corrected chi connectivity index (χ1v) is 8.66. The minimum Gasteiger partial charge on any atom is -0.469 e. The molecule has 1 aliphatic heterocycles. The fourth-order valence-electron chi connectivity index (χ4n) is 3.32. The van der Waals surface area contributed by atoms with Gasteiger partial charge in [-0.25, -0.2) is 0 Å². The molecule has 1 saturated heterocycles. The Balaban J connectivity index is 0.00000200. The minimum absolute atomic E-state index is 0. The van der Waals surface area contributed by atoms with Crippen molar-refractivity contribution in [3.8, 4) is 0 Å². The van der Waals surface area contributed by atoms with Gasteiger partial charge in [-0.2, -0.15) is 11.8 Å². The molecule has 118 valence electrons. The molecule has 1 saturated carbocycles. The number of esters is 1. The van der Waals surface area contributed by atoms with E-state index in [0.29, 0.717) is 11.2 Å². The zero-order chi connectivity index (χ0) is 13.6. The van der Waals surface area contributed by atoms with Gasteiger partial charge in [0.15, 0.2) is 0 Å². The Labute approximate surface area is 133 Å². The number of rotatable bonds is 5. The Morgan fingerprint density at radius 2 is 2.00 bits per heavy atom. The summed E-state index contributed by atoms with van der Waals surface area (Å²) in [6.45, 7) is 3.65. The van der Waals surface area contributed by atoms with Gasteiger partial charge in [-0.05, 0) is 32.2 Å². The van der Waals surface area contributed by atoms with Gasteiger partial charge < -0.3 is 9.64 Å². The number of hydrogen-bond acceptors (Lipinski definition) is 4. The number of methoxy groups -OCH3 is 1. The van der Waals surface area contributed by atoms with Crippen LogP contribution < -0.4 is 0 Å². The molecule has 3 nitrogen and oxygen atoms in total. The van der Waals surface area contributed by atoms with Crippen molar-refractivity contribution in [3.63, 3.8) is 0 Å². The van der Waals surface area contributed by atoms with E-state index < -0.39 is 0 Å². The number of carbonyl (C=O) groups is 1. The van der Waals surface area contributed by atoms with E-state index in [9.17, 15) is 4.79 Å². The van der Waals surface area contributed by atoms with Crippen molar-refractivity contribution >= 4 is 30.1 Å². The van der Waals surface area contributed by atoms with Crippen molar-refractivity contribution in [2.24, 2.45) is 0 Å². The highest BCUT2D eigenvalue weighted by atomic mass is 35.5. The molecular weight excluding hydrogens is 294 g/mol. The van der Waals surface area contributed by atoms with Crippen molar-refractivity contribution in [1.29, 1.82) is 0 Å². The normalized spacial score (nSPS) is 22.2. The number of nitrogens with zero attached hydrogens (tertiary/aromatic N) is 1. The standard InChI is InChI=1S/C15H27NO2S.ClH/c1-18-14(17)7-3-6-10-16-11-12-19-15(13-16)8-4-2-5-9-15;/h2-13H2,1H3;1H. The molecule has 2 aliphatic rings. The molecule has 2 rings (SSSR count). The van der Waals surface area contributed by atoms with Gasteiger partial charge in [0.2, 0.25) is 0 Å². The van der Waals surface area contributed by atoms with Gasteiger partial charge in [0.05, 0.1) is 7.11 Å². The molecule has 0 aromatic rings. The number of hydrogen-bond donors (Lipinski definition) is 0. The fraction of sp³-hybridized carbons (Fsp3) is 0.933. The van der Waals surface area contributed by atoms with Gasteiger partial charge in [0.1, 0.15) is 0 Å². The monoisotopic (exact) mass is 321 g/mol. The van der Waals surface area contributed by atoms with Gasteiger partial charge in [-0.1, -0.05) is 19.3 Å². The van der Waals surface area contributed by atoms with Crippen molar-refractivity contribution in [3.05, 3.63) is 0 Å². The quantitative estimate of drug-likeness (QED) is 0.572. The highest BCUT2D eigenvalue weighted by Gasteiger charge is 2.36. The average molecular weight is 322 g/mol. The number of halogens is 1. The zero-order valence-corrected chi connectivity index (χ0v) is 14.2. The third-order valence-corrected chi connectivity index (χ3v) is 5.96. The summed E-state index contributed by atoms with van der Waals surface area (Å²) in [6, 6.07) is 0. The highest BCUT2D eigenvalue weighted by Crippen LogP contribution is 2.42. The number of thioether (sulfide) groups is 1. The van der Waals surface area contributed by atoms with Gasteiger partial charge in [0.25, 0.3) is 0 Å². The summed E-state index contributed by atoms with van der Waals surface area (Å²) in [5.74, 6) is 1.22. The van der Waals surface area contributed by atoms with Gasteiger partial charge in [0, 0.05) is 30.0 Å². The van der Waals surface area contributed by atoms with Crippen LogP contribution in [0.15, 0.2) is 0 Å². The van der Waals surface area contributed by atoms with Crippen LogP contribution in [0.3, 0.4) is 0 Å². The first kappa shape index (κ1) is 18.1. The number of ether oxygens (including phenoxy) is 1. The molecule has 2 fully saturated rings. The SMILES string of the molecule is COC(=O)CCCCN1CCSC2(CCCCC2)C1.Cl. The molecule has 20 heavy (non-hydrogen) atoms. The lowest BCUT2D eigenvalue weighted by molar-refractivity contribution is -0.140. The van der Waals surface area contributed by atoms with Crippen molar-refractivity contribution < 1.29 is 9.53 Å². The highest BCUT2D eigenvalue weighted by molar-refractivity contribution is 8.00. The van der Waals surface area contributed by atoms with Crippen LogP contribution >= 0.6 is 24.2 Å². The Kier molecular flexibility index (Phi) is 8.30. The molecular formula is C15H28ClNO2S. The van der Waals surface area contributed by atoms with E-state index in [1.807, 2.05) is 0 Å². The maximum atomic E-state index is 11.1. The average Bonchev–Trinajstić information content (AvgIpc) is 2.44. The van der Waals surface area contributed by atoms with Crippen LogP contribution in [-0.4, -0.2) is 48.1 Å². The smallest absolute Gasteiger partial charge is 0.305 e. The second-order valence-electron chi connectivity index (χ2n) is 5.90. The van der Waals surface area contributed by atoms with Crippen LogP contribution in [-0.2, 0) is 9.53 Å². The van der Waals surface area contributed by atoms with Crippen LogP contribution in [0.2, 0.25) is 0 Å². The van der Waals surface area contributed by atoms with Gasteiger partial charge >= 0.3 is 5.97 Å². The van der Waals surface area contributed by atoms with Crippen molar-refractivity contribution in [2.45, 2.75) is 56.1 Å². The summed E-state index contributed by atoms with van der Waals surface area (Å²) >= 11 is 2.22. The Morgan fingerprint density at radius 3 is 2.70 bits per heavy atom. The molecule has 5 heteroatoms. The summed E-state index contributed by atoms with van der Waals surface area (Å²) < 4.78 is 5.24. The van der Waals surface area contributed by atoms with E-state index in [0.717, 1.165) is 19.4 Å². The summed E-state index contributed by atoms with van der Waals surface area (Å²) in [5.41, 5.74) is 0. The van der Waals surface area contributed by atoms with Gasteiger partial charge in [-0.15, -0.1) is 12.4 Å². The molecule has 0 bridgehead atoms. The van der Waals surface area contributed by atoms with Gasteiger partial charge in [-0.3, -0.25) is 4.79 Å². The van der Waals surface area contributed by atoms with E-state index in [4.69, 9.17) is 0 Å². The predicted molar refractivity (Wildman–Crippen MR) is 87.8 cm³/mol. The summed E-state index contributed by atoms with van der Waals surface area (Å²) in [4.78, 5) is 13.7. The first-order valence-electron chi connectivity index (χ1n) is 7.67. The lowest BCUT2D eigenvalue weighted by Crippen LogP contribution is -2.47. The van der Waals surface area contributed by atoms with Crippen LogP contribution in [0.4, 0.5) is 0 Å². The minimum atomic E-state index is -0.0713. The molecule has 1 aliphatic carbocycles. The summed E-state index contributed by atoms with van der Waals surface area (Å²) in [6.07, 6.45) is 9.75. The number of carbonyl (C=O) groups excluding carboxylic acids is 1. The molecule has 0 aromatic heterocycles. The van der Waals surface area contributed by atoms with Crippen LogP contribution in [0, 0.1) is 0 Å². The zero-order valence-electron chi connectivity index (χ0n) is 12.6. The van der Waals surface area contributed by atoms with Crippen LogP contribution in [0.1, 0.15) is 51.4 Å². The van der Waals surface area contributed by atoms with E-state index in [1.54, 1.807) is 0 Å². The predicted octanol–water partition coefficient (Wildman–Crippen LogP) is 3.50. The lowest BCUT2D eigenvalue weighted by atomic mass is 9.87. The van der Waals surface area contributed by atoms with Crippen LogP contribution in [0.5, 0.6) is 0 Å². The molecule has 0 aromatic carbocycles. The van der Waals surface area contributed by atoms with E-state index in [1.165, 1.54) is 58.1 Å². The largest absolute Gasteiger partial charge is 0.469 e. The third kappa shape index (κ3) is 5.45. The fourth-order valence-corrected chi connectivity index (χ4v) is 4.95. The molecule has 0 unspecified atom stereocenters. The molecule has 1 heterocycles. The summed E-state index contributed by atoms with van der Waals surface area (Å²) in [7, 11) is 1.47. The van der Waals surface area contributed by atoms with E-state index >= 15 is 0 Å². The maximum absolute atomic E-state index is 11.1. The molecule has 0 radical (unpaired) electrons. The number of unbranched alkanes of at least 4 members (excludes halogenated alkanes) is 1. The Morgan fingerprint density at radius 1 is 1.25 bits per heavy atom. The first-order chi connectivity index (χ1) is 9.24. The second-order valence-corrected chi connectivity index (χ2v) is 7.46. The topological polar surface area (TPSA) is 29.5 Å². The van der Waals surface area contributed by atoms with Crippen LogP contribution in [0.25, 0.3) is 0 Å². The van der Waals surface area contributed by atoms with Crippen molar-refractivity contribution in [2.75, 3.05) is 32.5 Å². The van der Waals surface area contributed by atoms with Crippen molar-refractivity contribution in [1.82, 2.24) is 4.90 Å². The van der Waals surface area contributed by atoms with E-state index in [-0.39, 0.29) is 18.4 Å². The molecule has 1 spiro atoms. The second kappa shape index (κ2) is 9.16. The lowest BCUT2D eigenvalue weighted by Gasteiger charge is -2.44. The molecule has 0 N–H and O–H groups in total. The Bertz CT molecular complexity index is 290. The maximum Gasteiger partial charge on any atom is 0.305 e. The molecule has 0 amide bonds. The van der Waals surface area contributed by atoms with E-state index in [2.05, 4.69) is 21.4 Å². The Hall–Kier alpha value is 0.0700. The molecule has 0 atom stereocenters.